The van der Waals surface area contributed by atoms with Crippen molar-refractivity contribution in [2.24, 2.45) is 5.73 Å². The predicted molar refractivity (Wildman–Crippen MR) is 208 cm³/mol. The van der Waals surface area contributed by atoms with E-state index in [1.165, 1.54) is 12.1 Å². The van der Waals surface area contributed by atoms with Crippen LogP contribution in [-0.2, 0) is 38.3 Å². The van der Waals surface area contributed by atoms with E-state index in [-0.39, 0.29) is 37.4 Å². The number of alkyl halides is 3. The van der Waals surface area contributed by atoms with Crippen LogP contribution in [0.1, 0.15) is 72.3 Å². The van der Waals surface area contributed by atoms with Crippen LogP contribution in [0.4, 0.5) is 22.8 Å². The summed E-state index contributed by atoms with van der Waals surface area (Å²) in [6, 6.07) is 15.8. The Kier molecular flexibility index (Phi) is 14.2. The number of amides is 4. The van der Waals surface area contributed by atoms with Crippen molar-refractivity contribution in [2.75, 3.05) is 26.2 Å². The Balaban J connectivity index is 1.28. The molecule has 0 radical (unpaired) electrons. The van der Waals surface area contributed by atoms with Crippen LogP contribution in [0, 0.1) is 0 Å². The van der Waals surface area contributed by atoms with Gasteiger partial charge in [-0.05, 0) is 74.4 Å². The SMILES string of the molecule is NCCCC[C@H](NC(=O)[C@@H]1C[C@@H](OC(=O)N2CCCCC2)CN1C(=O)[C@@H](Cc1cccc(C(F)(F)F)c1)NC(=O)OCc1ccccc1)C(=O)c1nc2ccccc2o1. The Morgan fingerprint density at radius 2 is 1.61 bits per heavy atom. The predicted octanol–water partition coefficient (Wildman–Crippen LogP) is 5.77. The van der Waals surface area contributed by atoms with Crippen molar-refractivity contribution >= 4 is 40.9 Å². The maximum absolute atomic E-state index is 14.6. The lowest BCUT2D eigenvalue weighted by atomic mass is 10.0. The molecule has 2 aliphatic heterocycles. The molecule has 4 amide bonds. The third kappa shape index (κ3) is 11.4. The van der Waals surface area contributed by atoms with Crippen LogP contribution in [0.3, 0.4) is 0 Å². The fourth-order valence-corrected chi connectivity index (χ4v) is 7.24. The molecule has 2 aliphatic rings. The molecule has 1 aromatic heterocycles. The number of fused-ring (bicyclic) bond motifs is 1. The van der Waals surface area contributed by atoms with E-state index in [4.69, 9.17) is 19.6 Å². The molecule has 2 fully saturated rings. The zero-order chi connectivity index (χ0) is 41.9. The van der Waals surface area contributed by atoms with Gasteiger partial charge < -0.3 is 40.1 Å². The maximum Gasteiger partial charge on any atom is 0.416 e. The molecule has 4 N–H and O–H groups in total. The van der Waals surface area contributed by atoms with E-state index < -0.39 is 72.2 Å². The molecule has 4 atom stereocenters. The van der Waals surface area contributed by atoms with E-state index >= 15 is 0 Å². The molecule has 17 heteroatoms. The number of alkyl carbamates (subject to hydrolysis) is 1. The van der Waals surface area contributed by atoms with Crippen LogP contribution in [0.25, 0.3) is 11.1 Å². The highest BCUT2D eigenvalue weighted by atomic mass is 19.4. The molecular weight excluding hydrogens is 773 g/mol. The number of unbranched alkanes of at least 4 members (excludes halogenated alkanes) is 1. The largest absolute Gasteiger partial charge is 0.445 e. The number of aromatic nitrogens is 1. The number of hydrogen-bond acceptors (Lipinski definition) is 10. The lowest BCUT2D eigenvalue weighted by Gasteiger charge is -2.29. The van der Waals surface area contributed by atoms with Crippen molar-refractivity contribution in [3.05, 3.63) is 101 Å². The third-order valence-corrected chi connectivity index (χ3v) is 10.3. The number of hydrogen-bond donors (Lipinski definition) is 3. The van der Waals surface area contributed by atoms with E-state index in [9.17, 15) is 37.1 Å². The van der Waals surface area contributed by atoms with E-state index in [0.29, 0.717) is 49.1 Å². The number of halogens is 3. The van der Waals surface area contributed by atoms with Crippen molar-refractivity contribution < 1.29 is 51.0 Å². The smallest absolute Gasteiger partial charge is 0.416 e. The Labute approximate surface area is 338 Å². The van der Waals surface area contributed by atoms with Gasteiger partial charge in [0.2, 0.25) is 17.6 Å². The summed E-state index contributed by atoms with van der Waals surface area (Å²) in [5.41, 5.74) is 6.29. The molecule has 6 rings (SSSR count). The number of benzene rings is 3. The number of nitrogens with zero attached hydrogens (tertiary/aromatic N) is 3. The average molecular weight is 821 g/mol. The first-order chi connectivity index (χ1) is 28.4. The second-order valence-electron chi connectivity index (χ2n) is 14.7. The Morgan fingerprint density at radius 3 is 2.34 bits per heavy atom. The highest BCUT2D eigenvalue weighted by Crippen LogP contribution is 2.30. The average Bonchev–Trinajstić information content (AvgIpc) is 3.87. The number of para-hydroxylation sites is 2. The molecule has 0 unspecified atom stereocenters. The molecule has 0 spiro atoms. The van der Waals surface area contributed by atoms with E-state index in [0.717, 1.165) is 36.3 Å². The van der Waals surface area contributed by atoms with E-state index in [1.54, 1.807) is 59.5 Å². The number of Topliss-reactive ketones (excluding diaryl/α,β-unsaturated/α-hetero) is 1. The minimum absolute atomic E-state index is 0.0682. The number of ketones is 1. The van der Waals surface area contributed by atoms with Gasteiger partial charge in [-0.15, -0.1) is 0 Å². The summed E-state index contributed by atoms with van der Waals surface area (Å²) in [7, 11) is 0. The zero-order valence-corrected chi connectivity index (χ0v) is 32.3. The van der Waals surface area contributed by atoms with Gasteiger partial charge in [-0.25, -0.2) is 14.6 Å². The molecule has 14 nitrogen and oxygen atoms in total. The van der Waals surface area contributed by atoms with Crippen molar-refractivity contribution in [3.8, 4) is 0 Å². The van der Waals surface area contributed by atoms with Crippen LogP contribution in [0.15, 0.2) is 83.3 Å². The molecule has 0 bridgehead atoms. The van der Waals surface area contributed by atoms with Gasteiger partial charge >= 0.3 is 18.4 Å². The lowest BCUT2D eigenvalue weighted by Crippen LogP contribution is -2.56. The monoisotopic (exact) mass is 820 g/mol. The van der Waals surface area contributed by atoms with E-state index in [2.05, 4.69) is 15.6 Å². The molecule has 2 saturated heterocycles. The van der Waals surface area contributed by atoms with Gasteiger partial charge in [0.05, 0.1) is 18.2 Å². The minimum atomic E-state index is -4.68. The fourth-order valence-electron chi connectivity index (χ4n) is 7.24. The number of piperidine rings is 1. The first-order valence-corrected chi connectivity index (χ1v) is 19.7. The number of rotatable bonds is 15. The minimum Gasteiger partial charge on any atom is -0.445 e. The Morgan fingerprint density at radius 1 is 0.881 bits per heavy atom. The molecule has 59 heavy (non-hydrogen) atoms. The van der Waals surface area contributed by atoms with Crippen molar-refractivity contribution in [3.63, 3.8) is 0 Å². The van der Waals surface area contributed by atoms with Crippen molar-refractivity contribution in [1.29, 1.82) is 0 Å². The maximum atomic E-state index is 14.6. The molecule has 314 valence electrons. The van der Waals surface area contributed by atoms with Crippen LogP contribution in [-0.4, -0.2) is 95.0 Å². The number of nitrogens with two attached hydrogens (primary N) is 1. The quantitative estimate of drug-likeness (QED) is 0.0982. The van der Waals surface area contributed by atoms with Crippen LogP contribution in [0.2, 0.25) is 0 Å². The summed E-state index contributed by atoms with van der Waals surface area (Å²) < 4.78 is 58.1. The number of likely N-dealkylation sites (tertiary alicyclic amines) is 2. The summed E-state index contributed by atoms with van der Waals surface area (Å²) >= 11 is 0. The number of ether oxygens (including phenoxy) is 2. The Bertz CT molecular complexity index is 2060. The highest BCUT2D eigenvalue weighted by molar-refractivity contribution is 6.01. The number of carbonyl (C=O) groups excluding carboxylic acids is 5. The molecule has 0 saturated carbocycles. The lowest BCUT2D eigenvalue weighted by molar-refractivity contribution is -0.140. The number of oxazole rings is 1. The van der Waals surface area contributed by atoms with Gasteiger partial charge in [0.1, 0.15) is 30.3 Å². The zero-order valence-electron chi connectivity index (χ0n) is 32.3. The second-order valence-corrected chi connectivity index (χ2v) is 14.7. The Hall–Kier alpha value is -5.97. The normalized spacial score (nSPS) is 17.9. The molecule has 0 aliphatic carbocycles. The summed E-state index contributed by atoms with van der Waals surface area (Å²) in [4.78, 5) is 76.3. The van der Waals surface area contributed by atoms with Crippen LogP contribution < -0.4 is 16.4 Å². The van der Waals surface area contributed by atoms with E-state index in [1.807, 2.05) is 0 Å². The summed E-state index contributed by atoms with van der Waals surface area (Å²) in [6.45, 7) is 0.845. The number of nitrogens with one attached hydrogen (secondary N) is 2. The summed E-state index contributed by atoms with van der Waals surface area (Å²) in [5.74, 6) is -2.45. The number of carbonyl (C=O) groups is 5. The van der Waals surface area contributed by atoms with Gasteiger partial charge in [0, 0.05) is 25.9 Å². The topological polar surface area (TPSA) is 186 Å². The van der Waals surface area contributed by atoms with Gasteiger partial charge in [-0.3, -0.25) is 14.4 Å². The standard InChI is InChI=1S/C42H47F3N6O8/c43-42(44,45)29-15-11-14-28(22-29)23-33(49-40(55)57-26-27-12-3-1-4-13-27)39(54)51-25-30(58-41(56)50-20-9-2-10-21-50)24-34(51)37(53)47-32(17-7-8-19-46)36(52)38-48-31-16-5-6-18-35(31)59-38/h1,3-6,11-16,18,22,30,32-34H,2,7-10,17,19-21,23-26,46H2,(H,47,53)(H,49,55)/t30-,32+,33-,34+/m1/s1. The van der Waals surface area contributed by atoms with Crippen LogP contribution in [0.5, 0.6) is 0 Å². The first-order valence-electron chi connectivity index (χ1n) is 19.7. The van der Waals surface area contributed by atoms with Gasteiger partial charge in [0.15, 0.2) is 5.58 Å². The van der Waals surface area contributed by atoms with Crippen molar-refractivity contribution in [2.45, 2.75) is 88.4 Å². The second kappa shape index (κ2) is 19.7. The molecular formula is C42H47F3N6O8. The highest BCUT2D eigenvalue weighted by Gasteiger charge is 2.45. The van der Waals surface area contributed by atoms with Gasteiger partial charge in [-0.2, -0.15) is 13.2 Å². The molecule has 4 aromatic rings. The van der Waals surface area contributed by atoms with Gasteiger partial charge in [0.25, 0.3) is 5.89 Å². The molecule has 3 heterocycles. The van der Waals surface area contributed by atoms with Gasteiger partial charge in [-0.1, -0.05) is 60.7 Å². The van der Waals surface area contributed by atoms with Crippen LogP contribution >= 0.6 is 0 Å². The van der Waals surface area contributed by atoms with Crippen molar-refractivity contribution in [1.82, 2.24) is 25.4 Å². The fraction of sp³-hybridized carbons (Fsp3) is 0.429. The summed E-state index contributed by atoms with van der Waals surface area (Å²) in [6.07, 6.45) is -4.21. The third-order valence-electron chi connectivity index (χ3n) is 10.3. The molecule has 3 aromatic carbocycles. The summed E-state index contributed by atoms with van der Waals surface area (Å²) in [5, 5.41) is 5.26. The first kappa shape index (κ1) is 42.6.